The fourth-order valence-electron chi connectivity index (χ4n) is 2.52. The van der Waals surface area contributed by atoms with Crippen LogP contribution in [0, 0.1) is 5.41 Å². The van der Waals surface area contributed by atoms with Gasteiger partial charge in [-0.2, -0.15) is 0 Å². The van der Waals surface area contributed by atoms with Gasteiger partial charge in [-0.25, -0.2) is 4.79 Å². The van der Waals surface area contributed by atoms with Crippen molar-refractivity contribution in [3.63, 3.8) is 0 Å². The number of nitrogens with one attached hydrogen (secondary N) is 1. The Labute approximate surface area is 111 Å². The molecule has 0 spiro atoms. The molecule has 0 atom stereocenters. The van der Waals surface area contributed by atoms with E-state index in [4.69, 9.17) is 11.6 Å². The van der Waals surface area contributed by atoms with Gasteiger partial charge in [-0.05, 0) is 24.2 Å². The number of hydrogen-bond donors (Lipinski definition) is 1. The molecule has 1 aliphatic rings. The highest BCUT2D eigenvalue weighted by atomic mass is 35.5. The van der Waals surface area contributed by atoms with Crippen LogP contribution in [0.15, 0.2) is 9.59 Å². The Morgan fingerprint density at radius 1 is 1.39 bits per heavy atom. The number of aromatic nitrogens is 2. The summed E-state index contributed by atoms with van der Waals surface area (Å²) in [4.78, 5) is 26.8. The van der Waals surface area contributed by atoms with Crippen molar-refractivity contribution in [2.45, 2.75) is 52.5 Å². The van der Waals surface area contributed by atoms with E-state index >= 15 is 0 Å². The van der Waals surface area contributed by atoms with Crippen LogP contribution in [0.1, 0.15) is 51.5 Å². The van der Waals surface area contributed by atoms with Crippen molar-refractivity contribution in [1.82, 2.24) is 9.55 Å². The molecule has 100 valence electrons. The van der Waals surface area contributed by atoms with Crippen LogP contribution in [0.5, 0.6) is 0 Å². The molecule has 1 saturated carbocycles. The highest BCUT2D eigenvalue weighted by Gasteiger charge is 2.33. The smallest absolute Gasteiger partial charge is 0.297 e. The van der Waals surface area contributed by atoms with Crippen LogP contribution >= 0.6 is 11.6 Å². The molecule has 1 fully saturated rings. The number of hydrogen-bond acceptors (Lipinski definition) is 2. The Balaban J connectivity index is 2.50. The second-order valence-electron chi connectivity index (χ2n) is 5.87. The van der Waals surface area contributed by atoms with Crippen LogP contribution in [0.2, 0.25) is 5.15 Å². The summed E-state index contributed by atoms with van der Waals surface area (Å²) >= 11 is 5.95. The zero-order valence-corrected chi connectivity index (χ0v) is 11.8. The molecule has 0 amide bonds. The van der Waals surface area contributed by atoms with E-state index < -0.39 is 5.69 Å². The summed E-state index contributed by atoms with van der Waals surface area (Å²) in [7, 11) is 0. The van der Waals surface area contributed by atoms with Gasteiger partial charge in [-0.3, -0.25) is 14.3 Å². The number of aromatic amines is 1. The van der Waals surface area contributed by atoms with Crippen molar-refractivity contribution in [3.05, 3.63) is 31.6 Å². The van der Waals surface area contributed by atoms with Crippen molar-refractivity contribution in [2.75, 3.05) is 0 Å². The molecular weight excluding hydrogens is 252 g/mol. The lowest BCUT2D eigenvalue weighted by Crippen LogP contribution is -2.44. The van der Waals surface area contributed by atoms with Crippen LogP contribution < -0.4 is 11.2 Å². The van der Waals surface area contributed by atoms with Gasteiger partial charge in [0.25, 0.3) is 5.56 Å². The molecule has 18 heavy (non-hydrogen) atoms. The maximum absolute atomic E-state index is 12.3. The molecule has 1 aliphatic carbocycles. The maximum Gasteiger partial charge on any atom is 0.329 e. The molecule has 0 unspecified atom stereocenters. The van der Waals surface area contributed by atoms with Gasteiger partial charge in [-0.1, -0.05) is 38.8 Å². The van der Waals surface area contributed by atoms with Crippen molar-refractivity contribution in [2.24, 2.45) is 5.41 Å². The number of nitrogens with zero attached hydrogens (tertiary/aromatic N) is 1. The van der Waals surface area contributed by atoms with Gasteiger partial charge in [0.2, 0.25) is 0 Å². The van der Waals surface area contributed by atoms with Gasteiger partial charge >= 0.3 is 5.69 Å². The van der Waals surface area contributed by atoms with Crippen molar-refractivity contribution < 1.29 is 0 Å². The van der Waals surface area contributed by atoms with Gasteiger partial charge in [0.05, 0.1) is 5.56 Å². The summed E-state index contributed by atoms with van der Waals surface area (Å²) in [6, 6.07) is 0. The molecule has 1 aromatic rings. The average molecular weight is 271 g/mol. The van der Waals surface area contributed by atoms with Crippen molar-refractivity contribution >= 4 is 11.6 Å². The minimum Gasteiger partial charge on any atom is -0.297 e. The SMILES string of the molecule is CC(C)c1c(Cl)[nH]c(=O)n(CC2(C)CCC2)c1=O. The summed E-state index contributed by atoms with van der Waals surface area (Å²) in [6.07, 6.45) is 3.31. The molecule has 2 rings (SSSR count). The van der Waals surface area contributed by atoms with Gasteiger partial charge in [0, 0.05) is 6.54 Å². The minimum atomic E-state index is -0.400. The zero-order valence-electron chi connectivity index (χ0n) is 11.0. The van der Waals surface area contributed by atoms with Gasteiger partial charge in [0.1, 0.15) is 5.15 Å². The molecule has 0 saturated heterocycles. The van der Waals surface area contributed by atoms with Crippen molar-refractivity contribution in [1.29, 1.82) is 0 Å². The Morgan fingerprint density at radius 2 is 2.00 bits per heavy atom. The first-order chi connectivity index (χ1) is 8.34. The third kappa shape index (κ3) is 2.26. The number of H-pyrrole nitrogens is 1. The molecule has 0 bridgehead atoms. The van der Waals surface area contributed by atoms with Crippen molar-refractivity contribution in [3.8, 4) is 0 Å². The Hall–Kier alpha value is -1.03. The van der Waals surface area contributed by atoms with E-state index in [1.807, 2.05) is 13.8 Å². The van der Waals surface area contributed by atoms with Gasteiger partial charge in [0.15, 0.2) is 0 Å². The number of halogens is 1. The van der Waals surface area contributed by atoms with E-state index in [-0.39, 0.29) is 22.0 Å². The quantitative estimate of drug-likeness (QED) is 0.858. The summed E-state index contributed by atoms with van der Waals surface area (Å²) < 4.78 is 1.31. The monoisotopic (exact) mass is 270 g/mol. The van der Waals surface area contributed by atoms with Crippen LogP contribution in [0.25, 0.3) is 0 Å². The molecular formula is C13H19ClN2O2. The third-order valence-corrected chi connectivity index (χ3v) is 4.15. The lowest BCUT2D eigenvalue weighted by Gasteiger charge is -2.38. The maximum atomic E-state index is 12.3. The van der Waals surface area contributed by atoms with E-state index in [0.717, 1.165) is 12.8 Å². The molecule has 4 nitrogen and oxygen atoms in total. The molecule has 1 aromatic heterocycles. The molecule has 1 N–H and O–H groups in total. The highest BCUT2D eigenvalue weighted by molar-refractivity contribution is 6.30. The average Bonchev–Trinajstić information content (AvgIpc) is 2.20. The zero-order chi connectivity index (χ0) is 13.5. The predicted molar refractivity (Wildman–Crippen MR) is 72.4 cm³/mol. The number of rotatable bonds is 3. The standard InChI is InChI=1S/C13H19ClN2O2/c1-8(2)9-10(14)15-12(18)16(11(9)17)7-13(3)5-4-6-13/h8H,4-7H2,1-3H3,(H,15,18). The largest absolute Gasteiger partial charge is 0.329 e. The molecule has 0 aliphatic heterocycles. The molecule has 0 radical (unpaired) electrons. The normalized spacial score (nSPS) is 17.8. The first kappa shape index (κ1) is 13.4. The first-order valence-electron chi connectivity index (χ1n) is 6.36. The summed E-state index contributed by atoms with van der Waals surface area (Å²) in [6.45, 7) is 6.40. The van der Waals surface area contributed by atoms with E-state index in [1.54, 1.807) is 0 Å². The minimum absolute atomic E-state index is 0.00213. The summed E-state index contributed by atoms with van der Waals surface area (Å²) in [5.74, 6) is 0.00213. The first-order valence-corrected chi connectivity index (χ1v) is 6.74. The predicted octanol–water partition coefficient (Wildman–Crippen LogP) is 2.50. The summed E-state index contributed by atoms with van der Waals surface area (Å²) in [5.41, 5.74) is -0.0626. The molecule has 0 aromatic carbocycles. The lowest BCUT2D eigenvalue weighted by atomic mass is 9.70. The second kappa shape index (κ2) is 4.57. The van der Waals surface area contributed by atoms with Gasteiger partial charge in [-0.15, -0.1) is 0 Å². The van der Waals surface area contributed by atoms with Crippen LogP contribution in [-0.4, -0.2) is 9.55 Å². The Kier molecular flexibility index (Phi) is 3.41. The molecule has 5 heteroatoms. The second-order valence-corrected chi connectivity index (χ2v) is 6.25. The Morgan fingerprint density at radius 3 is 2.44 bits per heavy atom. The molecule has 1 heterocycles. The van der Waals surface area contributed by atoms with E-state index in [2.05, 4.69) is 11.9 Å². The third-order valence-electron chi connectivity index (χ3n) is 3.85. The van der Waals surface area contributed by atoms with Crippen LogP contribution in [-0.2, 0) is 6.54 Å². The Bertz CT molecular complexity index is 567. The van der Waals surface area contributed by atoms with E-state index in [0.29, 0.717) is 12.1 Å². The van der Waals surface area contributed by atoms with E-state index in [1.165, 1.54) is 11.0 Å². The fraction of sp³-hybridized carbons (Fsp3) is 0.692. The topological polar surface area (TPSA) is 54.9 Å². The van der Waals surface area contributed by atoms with E-state index in [9.17, 15) is 9.59 Å². The van der Waals surface area contributed by atoms with Crippen LogP contribution in [0.3, 0.4) is 0 Å². The van der Waals surface area contributed by atoms with Gasteiger partial charge < -0.3 is 0 Å². The lowest BCUT2D eigenvalue weighted by molar-refractivity contribution is 0.128. The van der Waals surface area contributed by atoms with Crippen LogP contribution in [0.4, 0.5) is 0 Å². The fourth-order valence-corrected chi connectivity index (χ4v) is 2.90. The highest BCUT2D eigenvalue weighted by Crippen LogP contribution is 2.41. The summed E-state index contributed by atoms with van der Waals surface area (Å²) in [5, 5.41) is 0.176.